The molecule has 4 aromatic rings. The molecule has 0 saturated heterocycles. The number of rotatable bonds is 4. The Balaban J connectivity index is -0.000000607. The lowest BCUT2D eigenvalue weighted by Crippen LogP contribution is -2.13. The third kappa shape index (κ3) is 13.5. The second-order valence-corrected chi connectivity index (χ2v) is 8.60. The van der Waals surface area contributed by atoms with E-state index in [1.165, 1.54) is 0 Å². The quantitative estimate of drug-likeness (QED) is 0.166. The fourth-order valence-electron chi connectivity index (χ4n) is 4.35. The summed E-state index contributed by atoms with van der Waals surface area (Å²) in [5.41, 5.74) is 5.45. The van der Waals surface area contributed by atoms with E-state index in [-0.39, 0.29) is 23.4 Å². The van der Waals surface area contributed by atoms with Crippen LogP contribution in [-0.2, 0) is 14.1 Å². The Morgan fingerprint density at radius 1 is 0.696 bits per heavy atom. The van der Waals surface area contributed by atoms with Crippen molar-refractivity contribution in [2.24, 2.45) is 20.0 Å². The van der Waals surface area contributed by atoms with E-state index < -0.39 is 0 Å². The highest BCUT2D eigenvalue weighted by Gasteiger charge is 2.38. The van der Waals surface area contributed by atoms with Crippen LogP contribution in [0.25, 0.3) is 6.08 Å². The van der Waals surface area contributed by atoms with Crippen molar-refractivity contribution in [2.75, 3.05) is 0 Å². The molecule has 6 heteroatoms. The number of benzene rings is 2. The first-order valence-electron chi connectivity index (χ1n) is 17.2. The average Bonchev–Trinajstić information content (AvgIpc) is 3.83. The summed E-state index contributed by atoms with van der Waals surface area (Å²) in [6.07, 6.45) is 8.94. The summed E-state index contributed by atoms with van der Waals surface area (Å²) in [7, 11) is 3.87. The molecule has 1 aliphatic rings. The smallest absolute Gasteiger partial charge is 0.188 e. The maximum Gasteiger partial charge on any atom is 0.188 e. The van der Waals surface area contributed by atoms with E-state index >= 15 is 0 Å². The first-order chi connectivity index (χ1) is 22.4. The largest absolute Gasteiger partial charge is 0.337 e. The van der Waals surface area contributed by atoms with E-state index in [0.717, 1.165) is 22.5 Å². The molecular weight excluding hydrogens is 568 g/mol. The van der Waals surface area contributed by atoms with Gasteiger partial charge >= 0.3 is 0 Å². The van der Waals surface area contributed by atoms with Crippen LogP contribution in [-0.4, -0.2) is 30.7 Å². The highest BCUT2D eigenvalue weighted by atomic mass is 16.1. The van der Waals surface area contributed by atoms with Gasteiger partial charge in [0, 0.05) is 48.9 Å². The number of allylic oxidation sites excluding steroid dienone is 1. The van der Waals surface area contributed by atoms with Gasteiger partial charge in [-0.15, -0.1) is 0 Å². The number of nitrogens with zero attached hydrogens (tertiary/aromatic N) is 4. The summed E-state index contributed by atoms with van der Waals surface area (Å²) < 4.78 is 3.87. The van der Waals surface area contributed by atoms with Gasteiger partial charge in [0.15, 0.2) is 11.6 Å². The van der Waals surface area contributed by atoms with Crippen molar-refractivity contribution in [1.29, 1.82) is 0 Å². The summed E-state index contributed by atoms with van der Waals surface area (Å²) in [5.74, 6) is 0.438. The first-order valence-corrected chi connectivity index (χ1v) is 17.2. The topological polar surface area (TPSA) is 69.8 Å². The minimum absolute atomic E-state index is 0.00259. The SMILES string of the molecule is C/C(=C\c1cncn1C)C(=O)c1ccccc1.CC.CC.CC.CC.CC.CC.CC1C(=O)c2ccccc2C1c1cncn1C. The number of Topliss-reactive ketones (excluding diaryl/α,β-unsaturated/α-hetero) is 2. The van der Waals surface area contributed by atoms with E-state index in [1.807, 2.05) is 181 Å². The van der Waals surface area contributed by atoms with Gasteiger partial charge in [0.05, 0.1) is 24.5 Å². The molecular formula is C40H64N4O2. The predicted molar refractivity (Wildman–Crippen MR) is 201 cm³/mol. The Kier molecular flexibility index (Phi) is 28.6. The Morgan fingerprint density at radius 2 is 1.17 bits per heavy atom. The molecule has 6 nitrogen and oxygen atoms in total. The molecule has 2 heterocycles. The molecule has 256 valence electrons. The van der Waals surface area contributed by atoms with Crippen LogP contribution in [0.1, 0.15) is 141 Å². The van der Waals surface area contributed by atoms with Gasteiger partial charge < -0.3 is 9.13 Å². The summed E-state index contributed by atoms with van der Waals surface area (Å²) in [6.45, 7) is 27.8. The van der Waals surface area contributed by atoms with Crippen molar-refractivity contribution in [1.82, 2.24) is 19.1 Å². The third-order valence-corrected chi connectivity index (χ3v) is 6.26. The Morgan fingerprint density at radius 3 is 1.65 bits per heavy atom. The van der Waals surface area contributed by atoms with Gasteiger partial charge in [-0.25, -0.2) is 9.97 Å². The lowest BCUT2D eigenvalue weighted by atomic mass is 9.91. The molecule has 0 fully saturated rings. The van der Waals surface area contributed by atoms with Gasteiger partial charge in [0.1, 0.15) is 0 Å². The van der Waals surface area contributed by atoms with Crippen molar-refractivity contribution in [2.45, 2.75) is 103 Å². The van der Waals surface area contributed by atoms with Crippen LogP contribution < -0.4 is 0 Å². The molecule has 2 unspecified atom stereocenters. The minimum Gasteiger partial charge on any atom is -0.337 e. The molecule has 0 bridgehead atoms. The number of ketones is 2. The van der Waals surface area contributed by atoms with Gasteiger partial charge in [-0.1, -0.05) is 145 Å². The second kappa shape index (κ2) is 28.4. The molecule has 5 rings (SSSR count). The molecule has 2 aromatic heterocycles. The maximum absolute atomic E-state index is 12.2. The molecule has 46 heavy (non-hydrogen) atoms. The number of hydrogen-bond acceptors (Lipinski definition) is 4. The van der Waals surface area contributed by atoms with E-state index in [9.17, 15) is 9.59 Å². The molecule has 0 amide bonds. The van der Waals surface area contributed by atoms with E-state index in [1.54, 1.807) is 18.9 Å². The normalized spacial score (nSPS) is 13.5. The molecule has 0 aliphatic heterocycles. The van der Waals surface area contributed by atoms with Crippen molar-refractivity contribution in [3.63, 3.8) is 0 Å². The number of carbonyl (C=O) groups is 2. The van der Waals surface area contributed by atoms with Crippen LogP contribution in [0.3, 0.4) is 0 Å². The Hall–Kier alpha value is -4.06. The van der Waals surface area contributed by atoms with Crippen LogP contribution in [0, 0.1) is 5.92 Å². The van der Waals surface area contributed by atoms with E-state index in [0.29, 0.717) is 11.1 Å². The van der Waals surface area contributed by atoms with Gasteiger partial charge in [-0.05, 0) is 24.1 Å². The molecule has 0 N–H and O–H groups in total. The summed E-state index contributed by atoms with van der Waals surface area (Å²) >= 11 is 0. The lowest BCUT2D eigenvalue weighted by Gasteiger charge is -2.15. The van der Waals surface area contributed by atoms with Crippen LogP contribution in [0.15, 0.2) is 85.2 Å². The predicted octanol–water partition coefficient (Wildman–Crippen LogP) is 11.2. The van der Waals surface area contributed by atoms with Crippen LogP contribution >= 0.6 is 0 Å². The van der Waals surface area contributed by atoms with Crippen LogP contribution in [0.2, 0.25) is 0 Å². The number of fused-ring (bicyclic) bond motifs is 1. The summed E-state index contributed by atoms with van der Waals surface area (Å²) in [5, 5.41) is 0. The Labute approximate surface area is 282 Å². The lowest BCUT2D eigenvalue weighted by molar-refractivity contribution is 0.0938. The highest BCUT2D eigenvalue weighted by Crippen LogP contribution is 2.41. The van der Waals surface area contributed by atoms with E-state index in [4.69, 9.17) is 0 Å². The maximum atomic E-state index is 12.2. The fourth-order valence-corrected chi connectivity index (χ4v) is 4.35. The van der Waals surface area contributed by atoms with Gasteiger partial charge in [0.25, 0.3) is 0 Å². The van der Waals surface area contributed by atoms with Gasteiger partial charge in [-0.2, -0.15) is 0 Å². The average molecular weight is 633 g/mol. The fraction of sp³-hybridized carbons (Fsp3) is 0.450. The number of hydrogen-bond donors (Lipinski definition) is 0. The standard InChI is InChI=1S/2C14H14N2O.6C2H6/c1-9-13(12-7-15-8-16(12)2)10-5-3-4-6-11(10)14(9)17;1-11(8-13-9-15-10-16(13)2)14(17)12-6-4-3-5-7-12;6*1-2/h3-9,13H,1-2H3;3-10H,1-2H3;6*1-2H3/b;11-8+;;;;;;. The molecule has 2 aromatic carbocycles. The molecule has 2 atom stereocenters. The zero-order valence-electron chi connectivity index (χ0n) is 31.8. The number of imidazole rings is 2. The molecule has 0 radical (unpaired) electrons. The van der Waals surface area contributed by atoms with Crippen molar-refractivity contribution < 1.29 is 9.59 Å². The van der Waals surface area contributed by atoms with Crippen molar-refractivity contribution >= 4 is 17.6 Å². The molecule has 0 spiro atoms. The third-order valence-electron chi connectivity index (χ3n) is 6.26. The van der Waals surface area contributed by atoms with Crippen LogP contribution in [0.5, 0.6) is 0 Å². The highest BCUT2D eigenvalue weighted by molar-refractivity contribution is 6.10. The van der Waals surface area contributed by atoms with Crippen LogP contribution in [0.4, 0.5) is 0 Å². The first kappa shape index (κ1) is 46.4. The van der Waals surface area contributed by atoms with Crippen molar-refractivity contribution in [3.8, 4) is 0 Å². The zero-order valence-corrected chi connectivity index (χ0v) is 31.8. The summed E-state index contributed by atoms with van der Waals surface area (Å²) in [6, 6.07) is 17.2. The second-order valence-electron chi connectivity index (χ2n) is 8.60. The number of carbonyl (C=O) groups excluding carboxylic acids is 2. The Bertz CT molecular complexity index is 1350. The van der Waals surface area contributed by atoms with Crippen molar-refractivity contribution in [3.05, 3.63) is 113 Å². The minimum atomic E-state index is 0.00259. The number of aromatic nitrogens is 4. The summed E-state index contributed by atoms with van der Waals surface area (Å²) in [4.78, 5) is 32.4. The van der Waals surface area contributed by atoms with Gasteiger partial charge in [0.2, 0.25) is 0 Å². The van der Waals surface area contributed by atoms with Gasteiger partial charge in [-0.3, -0.25) is 9.59 Å². The zero-order chi connectivity index (χ0) is 36.2. The van der Waals surface area contributed by atoms with E-state index in [2.05, 4.69) is 16.0 Å². The number of aryl methyl sites for hydroxylation is 2. The molecule has 1 aliphatic carbocycles. The molecule has 0 saturated carbocycles. The monoisotopic (exact) mass is 633 g/mol.